The average Bonchev–Trinajstić information content (AvgIpc) is 2.82. The number of carbonyl (C=O) groups excluding carboxylic acids is 3. The third-order valence-corrected chi connectivity index (χ3v) is 5.41. The summed E-state index contributed by atoms with van der Waals surface area (Å²) in [6, 6.07) is 7.40. The van der Waals surface area contributed by atoms with Crippen LogP contribution in [0.5, 0.6) is 0 Å². The second kappa shape index (κ2) is 6.86. The van der Waals surface area contributed by atoms with Crippen molar-refractivity contribution in [2.24, 2.45) is 5.92 Å². The molecule has 0 unspecified atom stereocenters. The molecule has 1 spiro atoms. The molecule has 6 heteroatoms. The Labute approximate surface area is 148 Å². The molecule has 2 atom stereocenters. The van der Waals surface area contributed by atoms with Gasteiger partial charge in [0, 0.05) is 6.54 Å². The van der Waals surface area contributed by atoms with Crippen molar-refractivity contribution in [3.63, 3.8) is 0 Å². The quantitative estimate of drug-likeness (QED) is 0.822. The van der Waals surface area contributed by atoms with Crippen LogP contribution in [0.4, 0.5) is 4.79 Å². The Morgan fingerprint density at radius 3 is 2.68 bits per heavy atom. The van der Waals surface area contributed by atoms with E-state index in [0.717, 1.165) is 35.3 Å². The number of aryl methyl sites for hydroxylation is 1. The highest BCUT2D eigenvalue weighted by Crippen LogP contribution is 2.38. The van der Waals surface area contributed by atoms with Crippen LogP contribution >= 0.6 is 0 Å². The molecule has 1 heterocycles. The van der Waals surface area contributed by atoms with Crippen molar-refractivity contribution in [1.82, 2.24) is 15.5 Å². The summed E-state index contributed by atoms with van der Waals surface area (Å²) < 4.78 is 0. The molecule has 1 aliphatic heterocycles. The third-order valence-electron chi connectivity index (χ3n) is 5.41. The monoisotopic (exact) mass is 343 g/mol. The Morgan fingerprint density at radius 1 is 1.28 bits per heavy atom. The predicted molar refractivity (Wildman–Crippen MR) is 93.6 cm³/mol. The van der Waals surface area contributed by atoms with E-state index in [1.165, 1.54) is 0 Å². The summed E-state index contributed by atoms with van der Waals surface area (Å²) in [5.41, 5.74) is 1.32. The van der Waals surface area contributed by atoms with Gasteiger partial charge in [0.05, 0.1) is 0 Å². The highest BCUT2D eigenvalue weighted by Gasteiger charge is 2.55. The van der Waals surface area contributed by atoms with Crippen LogP contribution in [0.1, 0.15) is 43.7 Å². The minimum Gasteiger partial charge on any atom is -0.350 e. The summed E-state index contributed by atoms with van der Waals surface area (Å²) in [5, 5.41) is 5.64. The largest absolute Gasteiger partial charge is 0.350 e. The van der Waals surface area contributed by atoms with Gasteiger partial charge in [-0.05, 0) is 31.2 Å². The fraction of sp³-hybridized carbons (Fsp3) is 0.526. The van der Waals surface area contributed by atoms with Gasteiger partial charge in [0.15, 0.2) is 0 Å². The maximum Gasteiger partial charge on any atom is 0.325 e. The molecule has 1 aromatic rings. The lowest BCUT2D eigenvalue weighted by Crippen LogP contribution is -2.54. The van der Waals surface area contributed by atoms with E-state index in [4.69, 9.17) is 0 Å². The smallest absolute Gasteiger partial charge is 0.325 e. The van der Waals surface area contributed by atoms with Gasteiger partial charge in [-0.2, -0.15) is 0 Å². The van der Waals surface area contributed by atoms with Crippen molar-refractivity contribution in [3.8, 4) is 0 Å². The van der Waals surface area contributed by atoms with Crippen LogP contribution in [-0.2, 0) is 16.1 Å². The molecule has 0 aromatic heterocycles. The van der Waals surface area contributed by atoms with Crippen molar-refractivity contribution < 1.29 is 14.4 Å². The number of nitrogens with zero attached hydrogens (tertiary/aromatic N) is 1. The molecule has 1 saturated carbocycles. The Kier molecular flexibility index (Phi) is 4.79. The summed E-state index contributed by atoms with van der Waals surface area (Å²) >= 11 is 0. The highest BCUT2D eigenvalue weighted by molar-refractivity contribution is 6.09. The number of nitrogens with one attached hydrogen (secondary N) is 2. The lowest BCUT2D eigenvalue weighted by Gasteiger charge is -2.36. The Bertz CT molecular complexity index is 686. The molecule has 0 bridgehead atoms. The summed E-state index contributed by atoms with van der Waals surface area (Å²) in [5.74, 6) is -0.488. The molecule has 4 amide bonds. The molecule has 134 valence electrons. The van der Waals surface area contributed by atoms with E-state index in [9.17, 15) is 14.4 Å². The van der Waals surface area contributed by atoms with Gasteiger partial charge in [0.2, 0.25) is 5.91 Å². The van der Waals surface area contributed by atoms with Crippen LogP contribution in [0.15, 0.2) is 24.3 Å². The molecule has 3 rings (SSSR count). The van der Waals surface area contributed by atoms with Gasteiger partial charge in [0.1, 0.15) is 12.1 Å². The summed E-state index contributed by atoms with van der Waals surface area (Å²) in [7, 11) is 0. The maximum absolute atomic E-state index is 12.8. The van der Waals surface area contributed by atoms with Crippen molar-refractivity contribution in [1.29, 1.82) is 0 Å². The van der Waals surface area contributed by atoms with E-state index in [1.807, 2.05) is 38.1 Å². The van der Waals surface area contributed by atoms with Crippen molar-refractivity contribution >= 4 is 17.8 Å². The Hall–Kier alpha value is -2.37. The van der Waals surface area contributed by atoms with Crippen LogP contribution in [-0.4, -0.2) is 34.8 Å². The number of benzene rings is 1. The number of carbonyl (C=O) groups is 3. The highest BCUT2D eigenvalue weighted by atomic mass is 16.2. The van der Waals surface area contributed by atoms with E-state index in [-0.39, 0.29) is 24.3 Å². The first-order chi connectivity index (χ1) is 11.9. The number of hydrogen-bond donors (Lipinski definition) is 2. The zero-order valence-electron chi connectivity index (χ0n) is 14.8. The van der Waals surface area contributed by atoms with Gasteiger partial charge in [-0.25, -0.2) is 4.79 Å². The zero-order valence-corrected chi connectivity index (χ0v) is 14.8. The zero-order chi connectivity index (χ0) is 18.0. The van der Waals surface area contributed by atoms with Gasteiger partial charge < -0.3 is 10.6 Å². The fourth-order valence-corrected chi connectivity index (χ4v) is 3.75. The molecule has 1 aromatic carbocycles. The molecule has 1 aliphatic carbocycles. The Morgan fingerprint density at radius 2 is 2.00 bits per heavy atom. The fourth-order valence-electron chi connectivity index (χ4n) is 3.75. The van der Waals surface area contributed by atoms with Crippen LogP contribution in [0, 0.1) is 12.8 Å². The first kappa shape index (κ1) is 17.5. The van der Waals surface area contributed by atoms with Gasteiger partial charge in [-0.1, -0.05) is 49.6 Å². The number of imide groups is 1. The summed E-state index contributed by atoms with van der Waals surface area (Å²) in [6.45, 7) is 4.15. The molecule has 2 N–H and O–H groups in total. The summed E-state index contributed by atoms with van der Waals surface area (Å²) in [6.07, 6.45) is 3.56. The Balaban J connectivity index is 1.60. The van der Waals surface area contributed by atoms with Gasteiger partial charge >= 0.3 is 6.03 Å². The lowest BCUT2D eigenvalue weighted by atomic mass is 9.73. The normalized spacial score (nSPS) is 26.0. The first-order valence-electron chi connectivity index (χ1n) is 8.89. The standard InChI is InChI=1S/C19H25N3O3/c1-13-6-8-15(9-7-13)11-20-16(23)12-22-17(24)19(21-18(22)25)10-4-3-5-14(19)2/h6-9,14H,3-5,10-12H2,1-2H3,(H,20,23)(H,21,25)/t14-,19+/m1/s1. The van der Waals surface area contributed by atoms with Gasteiger partial charge in [0.25, 0.3) is 5.91 Å². The first-order valence-corrected chi connectivity index (χ1v) is 8.89. The molecule has 1 saturated heterocycles. The molecule has 0 radical (unpaired) electrons. The molecule has 6 nitrogen and oxygen atoms in total. The second-order valence-corrected chi connectivity index (χ2v) is 7.20. The molecule has 2 aliphatic rings. The number of amides is 4. The van der Waals surface area contributed by atoms with E-state index < -0.39 is 11.6 Å². The van der Waals surface area contributed by atoms with Crippen molar-refractivity contribution in [3.05, 3.63) is 35.4 Å². The minimum atomic E-state index is -0.813. The van der Waals surface area contributed by atoms with Crippen LogP contribution < -0.4 is 10.6 Å². The molecule has 2 fully saturated rings. The topological polar surface area (TPSA) is 78.5 Å². The number of rotatable bonds is 4. The lowest BCUT2D eigenvalue weighted by molar-refractivity contribution is -0.137. The van der Waals surface area contributed by atoms with Crippen LogP contribution in [0.2, 0.25) is 0 Å². The number of urea groups is 1. The van der Waals surface area contributed by atoms with E-state index in [2.05, 4.69) is 10.6 Å². The number of hydrogen-bond acceptors (Lipinski definition) is 3. The van der Waals surface area contributed by atoms with Gasteiger partial charge in [-0.3, -0.25) is 14.5 Å². The molecular formula is C19H25N3O3. The van der Waals surface area contributed by atoms with E-state index >= 15 is 0 Å². The summed E-state index contributed by atoms with van der Waals surface area (Å²) in [4.78, 5) is 38.3. The molecule has 25 heavy (non-hydrogen) atoms. The third kappa shape index (κ3) is 3.38. The SMILES string of the molecule is Cc1ccc(CNC(=O)CN2C(=O)N[C@]3(CCCC[C@H]3C)C2=O)cc1. The molecular weight excluding hydrogens is 318 g/mol. The minimum absolute atomic E-state index is 0.0957. The van der Waals surface area contributed by atoms with E-state index in [1.54, 1.807) is 0 Å². The average molecular weight is 343 g/mol. The predicted octanol–water partition coefficient (Wildman–Crippen LogP) is 2.11. The van der Waals surface area contributed by atoms with Gasteiger partial charge in [-0.15, -0.1) is 0 Å². The van der Waals surface area contributed by atoms with Crippen LogP contribution in [0.3, 0.4) is 0 Å². The van der Waals surface area contributed by atoms with E-state index in [0.29, 0.717) is 13.0 Å². The van der Waals surface area contributed by atoms with Crippen molar-refractivity contribution in [2.45, 2.75) is 51.6 Å². The van der Waals surface area contributed by atoms with Crippen molar-refractivity contribution in [2.75, 3.05) is 6.54 Å². The maximum atomic E-state index is 12.8. The van der Waals surface area contributed by atoms with Crippen LogP contribution in [0.25, 0.3) is 0 Å². The second-order valence-electron chi connectivity index (χ2n) is 7.20.